The van der Waals surface area contributed by atoms with Crippen LogP contribution in [0.15, 0.2) is 84.9 Å². The van der Waals surface area contributed by atoms with Crippen molar-refractivity contribution in [2.45, 2.75) is 32.4 Å². The molecule has 1 amide bonds. The molecule has 0 saturated heterocycles. The van der Waals surface area contributed by atoms with E-state index in [9.17, 15) is 14.7 Å². The number of amides is 1. The number of hydrogen-bond acceptors (Lipinski definition) is 4. The second-order valence-corrected chi connectivity index (χ2v) is 10.3. The van der Waals surface area contributed by atoms with Crippen LogP contribution in [0, 0.1) is 6.92 Å². The summed E-state index contributed by atoms with van der Waals surface area (Å²) in [6.07, 6.45) is 3.09. The average Bonchev–Trinajstić information content (AvgIpc) is 2.93. The van der Waals surface area contributed by atoms with E-state index in [1.807, 2.05) is 61.7 Å². The summed E-state index contributed by atoms with van der Waals surface area (Å²) in [7, 11) is 0. The molecule has 2 N–H and O–H groups in total. The minimum absolute atomic E-state index is 0. The Morgan fingerprint density at radius 2 is 1.62 bits per heavy atom. The molecule has 5 nitrogen and oxygen atoms in total. The van der Waals surface area contributed by atoms with Gasteiger partial charge in [0.25, 0.3) is 5.91 Å². The summed E-state index contributed by atoms with van der Waals surface area (Å²) in [5.41, 5.74) is 5.38. The van der Waals surface area contributed by atoms with Crippen LogP contribution < -0.4 is 24.2 Å². The minimum atomic E-state index is -1.03. The molecule has 0 aliphatic rings. The van der Waals surface area contributed by atoms with Crippen molar-refractivity contribution in [3.05, 3.63) is 107 Å². The van der Waals surface area contributed by atoms with Gasteiger partial charge in [-0.2, -0.15) is 11.8 Å². The number of thioether (sulfide) groups is 1. The largest absolute Gasteiger partial charge is 1.00 e. The molecular weight excluding hydrogens is 501 g/mol. The molecular formula is C32H33LiNO4S+. The van der Waals surface area contributed by atoms with Crippen molar-refractivity contribution in [2.75, 3.05) is 18.6 Å². The van der Waals surface area contributed by atoms with Gasteiger partial charge >= 0.3 is 24.8 Å². The van der Waals surface area contributed by atoms with Gasteiger partial charge in [-0.15, -0.1) is 0 Å². The van der Waals surface area contributed by atoms with Gasteiger partial charge in [0, 0.05) is 5.56 Å². The molecule has 0 heterocycles. The molecule has 4 aromatic carbocycles. The fraction of sp³-hybridized carbons (Fsp3) is 0.250. The van der Waals surface area contributed by atoms with Gasteiger partial charge < -0.3 is 15.2 Å². The van der Waals surface area contributed by atoms with Crippen molar-refractivity contribution in [2.24, 2.45) is 0 Å². The first kappa shape index (κ1) is 30.5. The number of hydrogen-bond donors (Lipinski definition) is 2. The van der Waals surface area contributed by atoms with E-state index in [4.69, 9.17) is 4.74 Å². The van der Waals surface area contributed by atoms with Gasteiger partial charge in [-0.05, 0) is 82.5 Å². The molecule has 0 aliphatic carbocycles. The fourth-order valence-electron chi connectivity index (χ4n) is 4.48. The summed E-state index contributed by atoms with van der Waals surface area (Å²) in [5.74, 6) is -0.765. The summed E-state index contributed by atoms with van der Waals surface area (Å²) in [4.78, 5) is 24.9. The zero-order valence-electron chi connectivity index (χ0n) is 22.8. The summed E-state index contributed by atoms with van der Waals surface area (Å²) in [6, 6.07) is 27.4. The summed E-state index contributed by atoms with van der Waals surface area (Å²) in [5, 5.41) is 14.7. The maximum Gasteiger partial charge on any atom is 1.00 e. The molecule has 196 valence electrons. The molecule has 1 unspecified atom stereocenters. The maximum absolute atomic E-state index is 13.2. The van der Waals surface area contributed by atoms with Crippen LogP contribution in [0.2, 0.25) is 0 Å². The third kappa shape index (κ3) is 8.24. The Kier molecular flexibility index (Phi) is 11.7. The van der Waals surface area contributed by atoms with Crippen LogP contribution in [0.5, 0.6) is 0 Å². The van der Waals surface area contributed by atoms with E-state index in [1.165, 1.54) is 16.3 Å². The molecule has 0 aliphatic heterocycles. The quantitative estimate of drug-likeness (QED) is 0.215. The van der Waals surface area contributed by atoms with Gasteiger partial charge in [-0.25, -0.2) is 4.79 Å². The molecule has 39 heavy (non-hydrogen) atoms. The van der Waals surface area contributed by atoms with Gasteiger partial charge in [-0.1, -0.05) is 72.8 Å². The first-order chi connectivity index (χ1) is 18.5. The van der Waals surface area contributed by atoms with Crippen molar-refractivity contribution >= 4 is 34.4 Å². The van der Waals surface area contributed by atoms with Gasteiger partial charge in [-0.3, -0.25) is 4.79 Å². The Morgan fingerprint density at radius 3 is 2.36 bits per heavy atom. The maximum atomic E-state index is 13.2. The number of ether oxygens (including phenoxy) is 1. The number of rotatable bonds is 12. The smallest absolute Gasteiger partial charge is 0.480 e. The van der Waals surface area contributed by atoms with Gasteiger partial charge in [0.1, 0.15) is 6.04 Å². The average molecular weight is 535 g/mol. The molecule has 0 bridgehead atoms. The molecule has 4 rings (SSSR count). The number of aliphatic carboxylic acids is 1. The van der Waals surface area contributed by atoms with E-state index in [1.54, 1.807) is 17.8 Å². The SMILES string of the molecule is CSCCC(NC(=O)c1ccc(COCCc2ccc3ccccc3c2)cc1-c1ccccc1C)C(=O)O.[Li+]. The third-order valence-corrected chi connectivity index (χ3v) is 7.24. The van der Waals surface area contributed by atoms with E-state index in [2.05, 4.69) is 35.6 Å². The van der Waals surface area contributed by atoms with Crippen molar-refractivity contribution in [3.63, 3.8) is 0 Å². The first-order valence-electron chi connectivity index (χ1n) is 12.7. The van der Waals surface area contributed by atoms with E-state index in [-0.39, 0.29) is 24.8 Å². The van der Waals surface area contributed by atoms with Crippen LogP contribution in [0.1, 0.15) is 33.5 Å². The van der Waals surface area contributed by atoms with Crippen LogP contribution in [0.4, 0.5) is 0 Å². The minimum Gasteiger partial charge on any atom is -0.480 e. The molecule has 7 heteroatoms. The molecule has 0 spiro atoms. The normalized spacial score (nSPS) is 11.5. The fourth-order valence-corrected chi connectivity index (χ4v) is 4.95. The molecule has 0 aromatic heterocycles. The van der Waals surface area contributed by atoms with Crippen LogP contribution in [0.25, 0.3) is 21.9 Å². The zero-order valence-corrected chi connectivity index (χ0v) is 23.6. The topological polar surface area (TPSA) is 75.6 Å². The zero-order chi connectivity index (χ0) is 26.9. The standard InChI is InChI=1S/C32H33NO4S.Li/c1-22-7-3-6-10-27(22)29-20-24(12-14-28(29)31(34)33-30(32(35)36)16-18-38-2)21-37-17-15-23-11-13-25-8-4-5-9-26(25)19-23;/h3-14,19-20,30H,15-18,21H2,1-2H3,(H,33,34)(H,35,36);/q;+1. The Hall–Kier alpha value is -3.01. The van der Waals surface area contributed by atoms with E-state index < -0.39 is 12.0 Å². The number of carbonyl (C=O) groups is 2. The predicted molar refractivity (Wildman–Crippen MR) is 156 cm³/mol. The summed E-state index contributed by atoms with van der Waals surface area (Å²) < 4.78 is 6.02. The van der Waals surface area contributed by atoms with E-state index in [0.29, 0.717) is 31.0 Å². The number of carboxylic acids is 1. The third-order valence-electron chi connectivity index (χ3n) is 6.60. The van der Waals surface area contributed by atoms with Gasteiger partial charge in [0.15, 0.2) is 0 Å². The van der Waals surface area contributed by atoms with Gasteiger partial charge in [0.05, 0.1) is 13.2 Å². The van der Waals surface area contributed by atoms with Crippen molar-refractivity contribution in [1.82, 2.24) is 5.32 Å². The summed E-state index contributed by atoms with van der Waals surface area (Å²) >= 11 is 1.55. The van der Waals surface area contributed by atoms with Crippen LogP contribution in [-0.4, -0.2) is 41.6 Å². The first-order valence-corrected chi connectivity index (χ1v) is 14.1. The monoisotopic (exact) mass is 534 g/mol. The molecule has 0 radical (unpaired) electrons. The second kappa shape index (κ2) is 15.0. The molecule has 0 saturated carbocycles. The van der Waals surface area contributed by atoms with Crippen LogP contribution in [-0.2, 0) is 22.6 Å². The number of fused-ring (bicyclic) bond motifs is 1. The number of benzene rings is 4. The van der Waals surface area contributed by atoms with Crippen molar-refractivity contribution in [3.8, 4) is 11.1 Å². The Bertz CT molecular complexity index is 1420. The number of nitrogens with one attached hydrogen (secondary N) is 1. The van der Waals surface area contributed by atoms with E-state index in [0.717, 1.165) is 28.7 Å². The van der Waals surface area contributed by atoms with Crippen LogP contribution >= 0.6 is 11.8 Å². The molecule has 4 aromatic rings. The van der Waals surface area contributed by atoms with Crippen molar-refractivity contribution in [1.29, 1.82) is 0 Å². The molecule has 1 atom stereocenters. The van der Waals surface area contributed by atoms with Gasteiger partial charge in [0.2, 0.25) is 0 Å². The Labute approximate surface area is 246 Å². The number of carbonyl (C=O) groups excluding carboxylic acids is 1. The van der Waals surface area contributed by atoms with Crippen LogP contribution in [0.3, 0.4) is 0 Å². The summed E-state index contributed by atoms with van der Waals surface area (Å²) in [6.45, 7) is 3.00. The second-order valence-electron chi connectivity index (χ2n) is 9.32. The van der Waals surface area contributed by atoms with Crippen molar-refractivity contribution < 1.29 is 38.3 Å². The Morgan fingerprint density at radius 1 is 0.897 bits per heavy atom. The number of aryl methyl sites for hydroxylation is 1. The Balaban J connectivity index is 0.00000420. The number of carboxylic acid groups (broad SMARTS) is 1. The predicted octanol–water partition coefficient (Wildman–Crippen LogP) is 3.51. The molecule has 0 fully saturated rings. The van der Waals surface area contributed by atoms with E-state index >= 15 is 0 Å².